The minimum atomic E-state index is -0.607. The first-order chi connectivity index (χ1) is 12.8. The van der Waals surface area contributed by atoms with Crippen LogP contribution in [-0.2, 0) is 19.1 Å². The quantitative estimate of drug-likeness (QED) is 0.746. The van der Waals surface area contributed by atoms with E-state index < -0.39 is 17.9 Å². The fourth-order valence-corrected chi connectivity index (χ4v) is 3.12. The average molecular weight is 373 g/mol. The zero-order valence-corrected chi connectivity index (χ0v) is 16.5. The fraction of sp³-hybridized carbons (Fsp3) is 0.429. The topological polar surface area (TPSA) is 84.9 Å². The van der Waals surface area contributed by atoms with E-state index in [0.717, 1.165) is 11.1 Å². The Kier molecular flexibility index (Phi) is 6.80. The van der Waals surface area contributed by atoms with Crippen molar-refractivity contribution in [2.24, 2.45) is 0 Å². The van der Waals surface area contributed by atoms with Gasteiger partial charge in [-0.3, -0.25) is 0 Å². The second-order valence-electron chi connectivity index (χ2n) is 6.86. The van der Waals surface area contributed by atoms with Gasteiger partial charge in [0.15, 0.2) is 0 Å². The molecule has 1 aromatic rings. The van der Waals surface area contributed by atoms with Crippen molar-refractivity contribution in [2.45, 2.75) is 46.6 Å². The third-order valence-corrected chi connectivity index (χ3v) is 4.28. The molecule has 0 saturated carbocycles. The molecule has 0 amide bonds. The van der Waals surface area contributed by atoms with E-state index >= 15 is 0 Å². The SMILES string of the molecule is CC1=C(C(=O)OCCO)C(c2ccc(C)cc2)C(C(=O)OC(C)C)=C(C)N1. The summed E-state index contributed by atoms with van der Waals surface area (Å²) < 4.78 is 10.6. The first-order valence-electron chi connectivity index (χ1n) is 9.00. The van der Waals surface area contributed by atoms with Gasteiger partial charge in [0, 0.05) is 11.4 Å². The zero-order valence-electron chi connectivity index (χ0n) is 16.5. The molecule has 0 aliphatic carbocycles. The summed E-state index contributed by atoms with van der Waals surface area (Å²) in [6.07, 6.45) is -0.284. The maximum absolute atomic E-state index is 12.8. The molecule has 0 spiro atoms. The van der Waals surface area contributed by atoms with Gasteiger partial charge in [-0.2, -0.15) is 0 Å². The number of hydrogen-bond acceptors (Lipinski definition) is 6. The van der Waals surface area contributed by atoms with E-state index in [-0.39, 0.29) is 19.3 Å². The highest BCUT2D eigenvalue weighted by atomic mass is 16.5. The molecule has 6 heteroatoms. The lowest BCUT2D eigenvalue weighted by molar-refractivity contribution is -0.143. The molecule has 0 aromatic heterocycles. The Labute approximate surface area is 159 Å². The van der Waals surface area contributed by atoms with Crippen LogP contribution in [0.15, 0.2) is 46.8 Å². The van der Waals surface area contributed by atoms with Gasteiger partial charge in [-0.15, -0.1) is 0 Å². The Morgan fingerprint density at radius 3 is 2.11 bits per heavy atom. The summed E-state index contributed by atoms with van der Waals surface area (Å²) in [4.78, 5) is 25.5. The summed E-state index contributed by atoms with van der Waals surface area (Å²) in [7, 11) is 0. The van der Waals surface area contributed by atoms with Crippen LogP contribution in [0.25, 0.3) is 0 Å². The van der Waals surface area contributed by atoms with Gasteiger partial charge in [0.25, 0.3) is 0 Å². The van der Waals surface area contributed by atoms with E-state index in [1.807, 2.05) is 31.2 Å². The molecule has 0 saturated heterocycles. The number of carbonyl (C=O) groups is 2. The molecule has 1 unspecified atom stereocenters. The summed E-state index contributed by atoms with van der Waals surface area (Å²) in [5, 5.41) is 12.1. The summed E-state index contributed by atoms with van der Waals surface area (Å²) in [6.45, 7) is 8.72. The highest BCUT2D eigenvalue weighted by molar-refractivity contribution is 5.99. The van der Waals surface area contributed by atoms with Gasteiger partial charge >= 0.3 is 11.9 Å². The van der Waals surface area contributed by atoms with Crippen molar-refractivity contribution >= 4 is 11.9 Å². The van der Waals surface area contributed by atoms with Crippen LogP contribution in [0.3, 0.4) is 0 Å². The van der Waals surface area contributed by atoms with Crippen molar-refractivity contribution in [1.29, 1.82) is 0 Å². The maximum atomic E-state index is 12.8. The molecule has 6 nitrogen and oxygen atoms in total. The van der Waals surface area contributed by atoms with Crippen molar-refractivity contribution in [3.63, 3.8) is 0 Å². The smallest absolute Gasteiger partial charge is 0.337 e. The van der Waals surface area contributed by atoms with Crippen LogP contribution in [0.4, 0.5) is 0 Å². The van der Waals surface area contributed by atoms with Gasteiger partial charge in [-0.1, -0.05) is 29.8 Å². The molecule has 2 rings (SSSR count). The third-order valence-electron chi connectivity index (χ3n) is 4.28. The summed E-state index contributed by atoms with van der Waals surface area (Å²) in [6, 6.07) is 7.66. The number of ether oxygens (including phenoxy) is 2. The molecule has 0 radical (unpaired) electrons. The van der Waals surface area contributed by atoms with E-state index in [0.29, 0.717) is 22.5 Å². The van der Waals surface area contributed by atoms with E-state index in [4.69, 9.17) is 14.6 Å². The number of allylic oxidation sites excluding steroid dienone is 2. The van der Waals surface area contributed by atoms with Gasteiger partial charge in [-0.05, 0) is 40.2 Å². The number of aliphatic hydroxyl groups excluding tert-OH is 1. The van der Waals surface area contributed by atoms with Crippen LogP contribution in [0.5, 0.6) is 0 Å². The van der Waals surface area contributed by atoms with E-state index in [2.05, 4.69) is 5.32 Å². The van der Waals surface area contributed by atoms with Gasteiger partial charge in [0.2, 0.25) is 0 Å². The van der Waals surface area contributed by atoms with Crippen LogP contribution >= 0.6 is 0 Å². The van der Waals surface area contributed by atoms with Crippen LogP contribution in [-0.4, -0.2) is 36.4 Å². The van der Waals surface area contributed by atoms with Crippen LogP contribution in [0.1, 0.15) is 44.7 Å². The number of dihydropyridines is 1. The molecule has 1 aliphatic rings. The van der Waals surface area contributed by atoms with Crippen LogP contribution in [0.2, 0.25) is 0 Å². The van der Waals surface area contributed by atoms with E-state index in [9.17, 15) is 9.59 Å². The Bertz CT molecular complexity index is 774. The molecular formula is C21H27NO5. The molecule has 1 aliphatic heterocycles. The lowest BCUT2D eigenvalue weighted by Gasteiger charge is -2.31. The molecule has 1 aromatic carbocycles. The molecule has 2 N–H and O–H groups in total. The molecule has 0 fully saturated rings. The monoisotopic (exact) mass is 373 g/mol. The largest absolute Gasteiger partial charge is 0.460 e. The Morgan fingerprint density at radius 2 is 1.59 bits per heavy atom. The van der Waals surface area contributed by atoms with Gasteiger partial charge < -0.3 is 19.9 Å². The predicted molar refractivity (Wildman–Crippen MR) is 102 cm³/mol. The normalized spacial score (nSPS) is 17.1. The Morgan fingerprint density at radius 1 is 1.04 bits per heavy atom. The molecular weight excluding hydrogens is 346 g/mol. The van der Waals surface area contributed by atoms with Gasteiger partial charge in [-0.25, -0.2) is 9.59 Å². The van der Waals surface area contributed by atoms with Crippen LogP contribution in [0, 0.1) is 6.92 Å². The van der Waals surface area contributed by atoms with Crippen molar-refractivity contribution in [3.05, 3.63) is 57.9 Å². The predicted octanol–water partition coefficient (Wildman–Crippen LogP) is 2.72. The van der Waals surface area contributed by atoms with Gasteiger partial charge in [0.05, 0.1) is 29.8 Å². The summed E-state index contributed by atoms with van der Waals surface area (Å²) >= 11 is 0. The van der Waals surface area contributed by atoms with E-state index in [1.165, 1.54) is 0 Å². The van der Waals surface area contributed by atoms with Gasteiger partial charge in [0.1, 0.15) is 6.61 Å². The van der Waals surface area contributed by atoms with Crippen LogP contribution < -0.4 is 5.32 Å². The molecule has 146 valence electrons. The van der Waals surface area contributed by atoms with Crippen molar-refractivity contribution in [3.8, 4) is 0 Å². The number of aliphatic hydroxyl groups is 1. The lowest BCUT2D eigenvalue weighted by atomic mass is 9.80. The molecule has 0 bridgehead atoms. The molecule has 27 heavy (non-hydrogen) atoms. The second-order valence-corrected chi connectivity index (χ2v) is 6.86. The molecule has 1 heterocycles. The number of hydrogen-bond donors (Lipinski definition) is 2. The third kappa shape index (κ3) is 4.77. The van der Waals surface area contributed by atoms with Crippen molar-refractivity contribution in [1.82, 2.24) is 5.32 Å². The zero-order chi connectivity index (χ0) is 20.1. The first-order valence-corrected chi connectivity index (χ1v) is 9.00. The number of benzene rings is 1. The van der Waals surface area contributed by atoms with Crippen molar-refractivity contribution in [2.75, 3.05) is 13.2 Å². The number of esters is 2. The molecule has 1 atom stereocenters. The minimum absolute atomic E-state index is 0.106. The van der Waals surface area contributed by atoms with E-state index in [1.54, 1.807) is 27.7 Å². The fourth-order valence-electron chi connectivity index (χ4n) is 3.12. The lowest BCUT2D eigenvalue weighted by Crippen LogP contribution is -2.33. The number of carbonyl (C=O) groups excluding carboxylic acids is 2. The Hall–Kier alpha value is -2.60. The standard InChI is InChI=1S/C21H27NO5/c1-12(2)27-21(25)18-15(5)22-14(4)17(20(24)26-11-10-23)19(18)16-8-6-13(3)7-9-16/h6-9,12,19,22-23H,10-11H2,1-5H3. The number of rotatable bonds is 6. The summed E-state index contributed by atoms with van der Waals surface area (Å²) in [5.41, 5.74) is 3.85. The second kappa shape index (κ2) is 8.86. The number of nitrogens with one attached hydrogen (secondary N) is 1. The minimum Gasteiger partial charge on any atom is -0.460 e. The number of aryl methyl sites for hydroxylation is 1. The van der Waals surface area contributed by atoms with Crippen molar-refractivity contribution < 1.29 is 24.2 Å². The average Bonchev–Trinajstić information content (AvgIpc) is 2.59. The maximum Gasteiger partial charge on any atom is 0.337 e. The Balaban J connectivity index is 2.57. The highest BCUT2D eigenvalue weighted by Gasteiger charge is 2.38. The summed E-state index contributed by atoms with van der Waals surface area (Å²) in [5.74, 6) is -1.65. The highest BCUT2D eigenvalue weighted by Crippen LogP contribution is 2.39. The first kappa shape index (κ1) is 20.7.